The molecule has 2 aromatic heterocycles. The summed E-state index contributed by atoms with van der Waals surface area (Å²) >= 11 is 0. The lowest BCUT2D eigenvalue weighted by atomic mass is 9.97. The summed E-state index contributed by atoms with van der Waals surface area (Å²) in [5, 5.41) is 7.63. The molecule has 5 aromatic rings. The van der Waals surface area contributed by atoms with Gasteiger partial charge in [-0.25, -0.2) is 19.6 Å². The third kappa shape index (κ3) is 8.49. The van der Waals surface area contributed by atoms with Gasteiger partial charge in [0.1, 0.15) is 23.7 Å². The van der Waals surface area contributed by atoms with E-state index in [1.807, 2.05) is 49.8 Å². The van der Waals surface area contributed by atoms with E-state index in [2.05, 4.69) is 82.2 Å². The van der Waals surface area contributed by atoms with Crippen molar-refractivity contribution in [3.05, 3.63) is 72.4 Å². The second-order valence-corrected chi connectivity index (χ2v) is 22.4. The minimum atomic E-state index is -1.76. The SMILES string of the molecule is CC[C@H](C)C(NC(=O)OC)C(=O)N1CCC[C@@H]1c1nc2c(ccc3cc(-c4ccc(-c5cnc([C@@H]6C[Si](C)(C)CN6C(=O)C(NC(=O)OC)[C@@H](C)CC)[nH]5)cc4)ccc32)[nH]1. The van der Waals surface area contributed by atoms with Crippen molar-refractivity contribution in [2.75, 3.05) is 26.9 Å². The molecular formula is C45H58N8O6Si. The maximum Gasteiger partial charge on any atom is 0.407 e. The Morgan fingerprint density at radius 3 is 2.05 bits per heavy atom. The maximum absolute atomic E-state index is 14.0. The second-order valence-electron chi connectivity index (χ2n) is 17.3. The number of benzene rings is 3. The molecule has 0 saturated carbocycles. The third-order valence-electron chi connectivity index (χ3n) is 12.7. The van der Waals surface area contributed by atoms with Gasteiger partial charge in [-0.15, -0.1) is 0 Å². The number of nitrogens with zero attached hydrogens (tertiary/aromatic N) is 4. The molecule has 14 nitrogen and oxygen atoms in total. The minimum Gasteiger partial charge on any atom is -0.453 e. The van der Waals surface area contributed by atoms with Crippen LogP contribution in [0.1, 0.15) is 77.1 Å². The molecule has 7 rings (SSSR count). The number of likely N-dealkylation sites (tertiary alicyclic amines) is 1. The third-order valence-corrected chi connectivity index (χ3v) is 15.3. The summed E-state index contributed by atoms with van der Waals surface area (Å²) in [6.07, 6.45) is 4.40. The van der Waals surface area contributed by atoms with Crippen LogP contribution in [-0.2, 0) is 19.1 Å². The van der Waals surface area contributed by atoms with E-state index in [0.29, 0.717) is 12.7 Å². The van der Waals surface area contributed by atoms with Gasteiger partial charge in [-0.1, -0.05) is 96.1 Å². The van der Waals surface area contributed by atoms with Gasteiger partial charge in [0.25, 0.3) is 0 Å². The van der Waals surface area contributed by atoms with E-state index in [1.54, 1.807) is 0 Å². The molecule has 2 unspecified atom stereocenters. The summed E-state index contributed by atoms with van der Waals surface area (Å²) in [7, 11) is 0.854. The molecule has 6 atom stereocenters. The molecule has 0 radical (unpaired) electrons. The van der Waals surface area contributed by atoms with Crippen molar-refractivity contribution in [3.8, 4) is 22.4 Å². The highest BCUT2D eigenvalue weighted by Gasteiger charge is 2.46. The van der Waals surface area contributed by atoms with Crippen molar-refractivity contribution in [1.82, 2.24) is 40.4 Å². The highest BCUT2D eigenvalue weighted by atomic mass is 28.3. The summed E-state index contributed by atoms with van der Waals surface area (Å²) in [4.78, 5) is 73.0. The van der Waals surface area contributed by atoms with Gasteiger partial charge in [0.15, 0.2) is 0 Å². The molecule has 4 heterocycles. The number of aromatic amines is 2. The van der Waals surface area contributed by atoms with Crippen LogP contribution in [0.3, 0.4) is 0 Å². The Hall–Kier alpha value is -5.70. The lowest BCUT2D eigenvalue weighted by Crippen LogP contribution is -2.52. The van der Waals surface area contributed by atoms with Gasteiger partial charge >= 0.3 is 12.2 Å². The lowest BCUT2D eigenvalue weighted by molar-refractivity contribution is -0.136. The van der Waals surface area contributed by atoms with Gasteiger partial charge in [-0.05, 0) is 64.9 Å². The molecule has 3 aromatic carbocycles. The number of imidazole rings is 2. The molecule has 2 aliphatic rings. The smallest absolute Gasteiger partial charge is 0.407 e. The molecule has 318 valence electrons. The highest BCUT2D eigenvalue weighted by Crippen LogP contribution is 2.39. The molecular weight excluding hydrogens is 777 g/mol. The number of alkyl carbamates (subject to hydrolysis) is 2. The Balaban J connectivity index is 1.09. The van der Waals surface area contributed by atoms with Crippen molar-refractivity contribution in [1.29, 1.82) is 0 Å². The predicted octanol–water partition coefficient (Wildman–Crippen LogP) is 8.11. The number of aromatic nitrogens is 4. The van der Waals surface area contributed by atoms with Crippen molar-refractivity contribution in [2.45, 2.75) is 96.7 Å². The lowest BCUT2D eigenvalue weighted by Gasteiger charge is -2.31. The number of nitrogens with one attached hydrogen (secondary N) is 4. The number of amides is 4. The van der Waals surface area contributed by atoms with Crippen LogP contribution < -0.4 is 10.6 Å². The second kappa shape index (κ2) is 17.5. The van der Waals surface area contributed by atoms with Gasteiger partial charge in [-0.3, -0.25) is 9.59 Å². The Bertz CT molecular complexity index is 2380. The topological polar surface area (TPSA) is 175 Å². The Labute approximate surface area is 352 Å². The van der Waals surface area contributed by atoms with E-state index in [9.17, 15) is 19.2 Å². The largest absolute Gasteiger partial charge is 0.453 e. The number of fused-ring (bicyclic) bond motifs is 3. The van der Waals surface area contributed by atoms with Crippen LogP contribution >= 0.6 is 0 Å². The summed E-state index contributed by atoms with van der Waals surface area (Å²) in [5.74, 6) is 1.16. The van der Waals surface area contributed by atoms with Gasteiger partial charge in [0.05, 0.1) is 57.3 Å². The fourth-order valence-electron chi connectivity index (χ4n) is 8.81. The summed E-state index contributed by atoms with van der Waals surface area (Å²) in [6.45, 7) is 13.1. The quantitative estimate of drug-likeness (QED) is 0.0913. The first-order valence-corrected chi connectivity index (χ1v) is 24.5. The zero-order chi connectivity index (χ0) is 42.9. The molecule has 4 amide bonds. The number of H-pyrrole nitrogens is 2. The van der Waals surface area contributed by atoms with Gasteiger partial charge in [0, 0.05) is 18.1 Å². The predicted molar refractivity (Wildman–Crippen MR) is 235 cm³/mol. The van der Waals surface area contributed by atoms with E-state index in [-0.39, 0.29) is 35.7 Å². The molecule has 0 spiro atoms. The van der Waals surface area contributed by atoms with E-state index >= 15 is 0 Å². The fourth-order valence-corrected chi connectivity index (χ4v) is 11.7. The number of rotatable bonds is 12. The number of hydrogen-bond donors (Lipinski definition) is 4. The molecule has 15 heteroatoms. The van der Waals surface area contributed by atoms with Crippen LogP contribution in [0, 0.1) is 11.8 Å². The average molecular weight is 835 g/mol. The number of methoxy groups -OCH3 is 2. The fraction of sp³-hybridized carbons (Fsp3) is 0.467. The minimum absolute atomic E-state index is 0.0606. The van der Waals surface area contributed by atoms with Crippen LogP contribution in [0.4, 0.5) is 9.59 Å². The van der Waals surface area contributed by atoms with Crippen molar-refractivity contribution in [2.24, 2.45) is 11.8 Å². The highest BCUT2D eigenvalue weighted by molar-refractivity contribution is 6.78. The van der Waals surface area contributed by atoms with Crippen LogP contribution in [0.25, 0.3) is 44.2 Å². The number of ether oxygens (including phenoxy) is 2. The maximum atomic E-state index is 14.0. The summed E-state index contributed by atoms with van der Waals surface area (Å²) in [5.41, 5.74) is 5.75. The van der Waals surface area contributed by atoms with Crippen molar-refractivity contribution in [3.63, 3.8) is 0 Å². The van der Waals surface area contributed by atoms with Crippen molar-refractivity contribution >= 4 is 53.9 Å². The molecule has 4 N–H and O–H groups in total. The van der Waals surface area contributed by atoms with Gasteiger partial charge in [0.2, 0.25) is 11.8 Å². The van der Waals surface area contributed by atoms with E-state index in [1.165, 1.54) is 14.2 Å². The Kier molecular flexibility index (Phi) is 12.4. The Morgan fingerprint density at radius 2 is 1.42 bits per heavy atom. The summed E-state index contributed by atoms with van der Waals surface area (Å²) in [6, 6.07) is 18.0. The first-order chi connectivity index (χ1) is 28.7. The van der Waals surface area contributed by atoms with Crippen LogP contribution in [0.2, 0.25) is 19.1 Å². The molecule has 2 aliphatic heterocycles. The zero-order valence-electron chi connectivity index (χ0n) is 35.9. The standard InChI is InChI=1S/C45H58N8O6Si/c1-9-26(3)37(50-44(56)58-5)42(54)52-21-11-12-35(52)41-47-33-20-18-31-22-30(17-19-32(31)39(33)49-41)28-13-15-29(16-14-28)34-23-46-40(48-34)36-24-60(7,8)25-53(36)43(55)38(27(4)10-2)51-45(57)59-6/h13-20,22-23,26-27,35-38H,9-12,21,24-25H2,1-8H3,(H,46,48)(H,47,49)(H,50,56)(H,51,57)/t26-,27-,35+,36-,37?,38?/m0/s1. The molecule has 2 saturated heterocycles. The number of carbonyl (C=O) groups excluding carboxylic acids is 4. The van der Waals surface area contributed by atoms with E-state index in [0.717, 1.165) is 87.6 Å². The van der Waals surface area contributed by atoms with Crippen molar-refractivity contribution < 1.29 is 28.7 Å². The van der Waals surface area contributed by atoms with Crippen LogP contribution in [-0.4, -0.2) is 101 Å². The van der Waals surface area contributed by atoms with E-state index < -0.39 is 32.3 Å². The zero-order valence-corrected chi connectivity index (χ0v) is 36.9. The molecule has 0 aliphatic carbocycles. The van der Waals surface area contributed by atoms with Crippen LogP contribution in [0.15, 0.2) is 60.8 Å². The molecule has 2 fully saturated rings. The normalized spacial score (nSPS) is 19.5. The van der Waals surface area contributed by atoms with Gasteiger partial charge in [-0.2, -0.15) is 0 Å². The van der Waals surface area contributed by atoms with E-state index in [4.69, 9.17) is 19.4 Å². The number of carbonyl (C=O) groups is 4. The van der Waals surface area contributed by atoms with Crippen LogP contribution in [0.5, 0.6) is 0 Å². The average Bonchev–Trinajstić information content (AvgIpc) is 4.09. The Morgan fingerprint density at radius 1 is 0.800 bits per heavy atom. The molecule has 0 bridgehead atoms. The monoisotopic (exact) mass is 834 g/mol. The van der Waals surface area contributed by atoms with Gasteiger partial charge < -0.3 is 39.9 Å². The first-order valence-electron chi connectivity index (χ1n) is 21.1. The summed E-state index contributed by atoms with van der Waals surface area (Å²) < 4.78 is 9.69. The molecule has 60 heavy (non-hydrogen) atoms. The first kappa shape index (κ1) is 42.4. The number of hydrogen-bond acceptors (Lipinski definition) is 8.